The summed E-state index contributed by atoms with van der Waals surface area (Å²) in [5.74, 6) is 0.713. The Balaban J connectivity index is 1.74. The topological polar surface area (TPSA) is 21.3 Å². The van der Waals surface area contributed by atoms with E-state index in [1.54, 1.807) is 11.3 Å². The number of nitrogens with one attached hydrogen (secondary N) is 1. The second kappa shape index (κ2) is 3.92. The molecular formula is C9H13NOS. The molecule has 1 aliphatic rings. The molecule has 2 nitrogen and oxygen atoms in total. The van der Waals surface area contributed by atoms with Gasteiger partial charge < -0.3 is 10.1 Å². The molecule has 1 atom stereocenters. The second-order valence-corrected chi connectivity index (χ2v) is 3.90. The maximum Gasteiger partial charge on any atom is 0.0511 e. The lowest BCUT2D eigenvalue weighted by Gasteiger charge is -2.08. The van der Waals surface area contributed by atoms with Crippen molar-refractivity contribution in [3.8, 4) is 0 Å². The number of anilines is 1. The van der Waals surface area contributed by atoms with Gasteiger partial charge in [0.1, 0.15) is 0 Å². The summed E-state index contributed by atoms with van der Waals surface area (Å²) in [6.45, 7) is 2.92. The van der Waals surface area contributed by atoms with Crippen molar-refractivity contribution in [2.45, 2.75) is 6.42 Å². The van der Waals surface area contributed by atoms with E-state index in [0.717, 1.165) is 19.8 Å². The molecule has 2 heterocycles. The Bertz CT molecular complexity index is 216. The van der Waals surface area contributed by atoms with Crippen molar-refractivity contribution in [3.63, 3.8) is 0 Å². The minimum absolute atomic E-state index is 0.713. The summed E-state index contributed by atoms with van der Waals surface area (Å²) in [6, 6.07) is 2.11. The monoisotopic (exact) mass is 183 g/mol. The molecule has 2 rings (SSSR count). The average Bonchev–Trinajstić information content (AvgIpc) is 2.74. The molecule has 1 saturated heterocycles. The van der Waals surface area contributed by atoms with Gasteiger partial charge in [-0.15, -0.1) is 0 Å². The van der Waals surface area contributed by atoms with Gasteiger partial charge in [0, 0.05) is 30.1 Å². The van der Waals surface area contributed by atoms with Crippen LogP contribution < -0.4 is 5.32 Å². The van der Waals surface area contributed by atoms with Crippen LogP contribution in [0.3, 0.4) is 0 Å². The van der Waals surface area contributed by atoms with Crippen molar-refractivity contribution in [1.82, 2.24) is 0 Å². The molecule has 66 valence electrons. The highest BCUT2D eigenvalue weighted by molar-refractivity contribution is 7.08. The molecule has 3 heteroatoms. The molecule has 0 aliphatic carbocycles. The molecule has 1 fully saturated rings. The first-order valence-corrected chi connectivity index (χ1v) is 5.23. The highest BCUT2D eigenvalue weighted by Gasteiger charge is 2.14. The molecule has 0 bridgehead atoms. The third kappa shape index (κ3) is 1.99. The largest absolute Gasteiger partial charge is 0.384 e. The fourth-order valence-electron chi connectivity index (χ4n) is 1.37. The summed E-state index contributed by atoms with van der Waals surface area (Å²) < 4.78 is 5.29. The van der Waals surface area contributed by atoms with E-state index in [1.807, 2.05) is 0 Å². The summed E-state index contributed by atoms with van der Waals surface area (Å²) >= 11 is 1.73. The van der Waals surface area contributed by atoms with E-state index < -0.39 is 0 Å². The highest BCUT2D eigenvalue weighted by atomic mass is 32.1. The average molecular weight is 183 g/mol. The Labute approximate surface area is 76.6 Å². The van der Waals surface area contributed by atoms with E-state index in [0.29, 0.717) is 5.92 Å². The lowest BCUT2D eigenvalue weighted by atomic mass is 10.1. The van der Waals surface area contributed by atoms with Crippen LogP contribution in [0.4, 0.5) is 5.69 Å². The molecule has 0 saturated carbocycles. The smallest absolute Gasteiger partial charge is 0.0511 e. The van der Waals surface area contributed by atoms with Gasteiger partial charge in [-0.05, 0) is 17.9 Å². The normalized spacial score (nSPS) is 22.8. The fourth-order valence-corrected chi connectivity index (χ4v) is 1.98. The van der Waals surface area contributed by atoms with Gasteiger partial charge in [-0.25, -0.2) is 0 Å². The molecule has 0 spiro atoms. The number of hydrogen-bond acceptors (Lipinski definition) is 3. The predicted molar refractivity (Wildman–Crippen MR) is 51.7 cm³/mol. The maximum atomic E-state index is 5.29. The van der Waals surface area contributed by atoms with Crippen molar-refractivity contribution in [1.29, 1.82) is 0 Å². The van der Waals surface area contributed by atoms with Crippen molar-refractivity contribution >= 4 is 17.0 Å². The molecule has 1 unspecified atom stereocenters. The Morgan fingerprint density at radius 2 is 2.67 bits per heavy atom. The Morgan fingerprint density at radius 3 is 3.33 bits per heavy atom. The van der Waals surface area contributed by atoms with Crippen LogP contribution in [0.5, 0.6) is 0 Å². The quantitative estimate of drug-likeness (QED) is 0.775. The molecule has 1 N–H and O–H groups in total. The highest BCUT2D eigenvalue weighted by Crippen LogP contribution is 2.16. The van der Waals surface area contributed by atoms with E-state index >= 15 is 0 Å². The van der Waals surface area contributed by atoms with Gasteiger partial charge in [-0.1, -0.05) is 0 Å². The Kier molecular flexibility index (Phi) is 2.64. The first kappa shape index (κ1) is 8.08. The molecule has 0 aromatic carbocycles. The summed E-state index contributed by atoms with van der Waals surface area (Å²) in [7, 11) is 0. The summed E-state index contributed by atoms with van der Waals surface area (Å²) in [5.41, 5.74) is 1.24. The summed E-state index contributed by atoms with van der Waals surface area (Å²) in [4.78, 5) is 0. The SMILES string of the molecule is c1cc(NCC2CCOC2)cs1. The molecule has 0 radical (unpaired) electrons. The molecule has 1 aromatic heterocycles. The number of thiophene rings is 1. The first-order valence-electron chi connectivity index (χ1n) is 4.29. The number of ether oxygens (including phenoxy) is 1. The van der Waals surface area contributed by atoms with Crippen molar-refractivity contribution in [3.05, 3.63) is 16.8 Å². The van der Waals surface area contributed by atoms with Gasteiger partial charge in [0.2, 0.25) is 0 Å². The zero-order chi connectivity index (χ0) is 8.23. The third-order valence-electron chi connectivity index (χ3n) is 2.14. The van der Waals surface area contributed by atoms with Crippen LogP contribution in [0.25, 0.3) is 0 Å². The van der Waals surface area contributed by atoms with Crippen LogP contribution in [0.15, 0.2) is 16.8 Å². The van der Waals surface area contributed by atoms with Gasteiger partial charge in [0.05, 0.1) is 6.61 Å². The van der Waals surface area contributed by atoms with Crippen LogP contribution >= 0.6 is 11.3 Å². The lowest BCUT2D eigenvalue weighted by molar-refractivity contribution is 0.187. The van der Waals surface area contributed by atoms with Gasteiger partial charge in [0.15, 0.2) is 0 Å². The first-order chi connectivity index (χ1) is 5.95. The number of rotatable bonds is 3. The van der Waals surface area contributed by atoms with Gasteiger partial charge in [-0.2, -0.15) is 11.3 Å². The molecule has 12 heavy (non-hydrogen) atoms. The Morgan fingerprint density at radius 1 is 1.67 bits per heavy atom. The summed E-state index contributed by atoms with van der Waals surface area (Å²) in [6.07, 6.45) is 1.21. The molecular weight excluding hydrogens is 170 g/mol. The van der Waals surface area contributed by atoms with Crippen molar-refractivity contribution in [2.75, 3.05) is 25.1 Å². The van der Waals surface area contributed by atoms with Crippen LogP contribution in [0, 0.1) is 5.92 Å². The molecule has 1 aliphatic heterocycles. The van der Waals surface area contributed by atoms with E-state index in [1.165, 1.54) is 12.1 Å². The zero-order valence-electron chi connectivity index (χ0n) is 6.95. The predicted octanol–water partition coefficient (Wildman–Crippen LogP) is 2.20. The van der Waals surface area contributed by atoms with Crippen LogP contribution in [-0.2, 0) is 4.74 Å². The van der Waals surface area contributed by atoms with Crippen LogP contribution in [0.1, 0.15) is 6.42 Å². The minimum atomic E-state index is 0.713. The van der Waals surface area contributed by atoms with Crippen molar-refractivity contribution < 1.29 is 4.74 Å². The third-order valence-corrected chi connectivity index (χ3v) is 2.82. The Hall–Kier alpha value is -0.540. The zero-order valence-corrected chi connectivity index (χ0v) is 7.77. The fraction of sp³-hybridized carbons (Fsp3) is 0.556. The van der Waals surface area contributed by atoms with E-state index in [4.69, 9.17) is 4.74 Å². The minimum Gasteiger partial charge on any atom is -0.384 e. The standard InChI is InChI=1S/C9H13NOS/c1-3-11-6-8(1)5-10-9-2-4-12-7-9/h2,4,7-8,10H,1,3,5-6H2. The van der Waals surface area contributed by atoms with E-state index in [2.05, 4.69) is 22.1 Å². The lowest BCUT2D eigenvalue weighted by Crippen LogP contribution is -2.13. The molecule has 0 amide bonds. The van der Waals surface area contributed by atoms with E-state index in [9.17, 15) is 0 Å². The van der Waals surface area contributed by atoms with Crippen LogP contribution in [-0.4, -0.2) is 19.8 Å². The van der Waals surface area contributed by atoms with Gasteiger partial charge >= 0.3 is 0 Å². The number of hydrogen-bond donors (Lipinski definition) is 1. The maximum absolute atomic E-state index is 5.29. The van der Waals surface area contributed by atoms with Crippen LogP contribution in [0.2, 0.25) is 0 Å². The summed E-state index contributed by atoms with van der Waals surface area (Å²) in [5, 5.41) is 7.62. The van der Waals surface area contributed by atoms with E-state index in [-0.39, 0.29) is 0 Å². The van der Waals surface area contributed by atoms with Gasteiger partial charge in [-0.3, -0.25) is 0 Å². The van der Waals surface area contributed by atoms with Crippen molar-refractivity contribution in [2.24, 2.45) is 5.92 Å². The molecule has 1 aromatic rings. The second-order valence-electron chi connectivity index (χ2n) is 3.12. The van der Waals surface area contributed by atoms with Gasteiger partial charge in [0.25, 0.3) is 0 Å².